The molecule has 0 aliphatic carbocycles. The SMILES string of the molecule is C=CCNC(=O)c1ccc(N=Nc2ccccc2)cc1. The third kappa shape index (κ3) is 3.88. The molecule has 2 aromatic carbocycles. The Balaban J connectivity index is 2.03. The fourth-order valence-electron chi connectivity index (χ4n) is 1.56. The molecule has 4 heteroatoms. The number of hydrogen-bond donors (Lipinski definition) is 1. The molecule has 0 unspecified atom stereocenters. The van der Waals surface area contributed by atoms with E-state index in [0.717, 1.165) is 5.69 Å². The van der Waals surface area contributed by atoms with Crippen LogP contribution in [0, 0.1) is 0 Å². The number of nitrogens with one attached hydrogen (secondary N) is 1. The van der Waals surface area contributed by atoms with Gasteiger partial charge in [-0.1, -0.05) is 24.3 Å². The number of carbonyl (C=O) groups excluding carboxylic acids is 1. The molecular weight excluding hydrogens is 250 g/mol. The molecule has 0 aromatic heterocycles. The van der Waals surface area contributed by atoms with Gasteiger partial charge >= 0.3 is 0 Å². The highest BCUT2D eigenvalue weighted by atomic mass is 16.1. The van der Waals surface area contributed by atoms with E-state index in [1.54, 1.807) is 30.3 Å². The van der Waals surface area contributed by atoms with Gasteiger partial charge in [0.1, 0.15) is 0 Å². The van der Waals surface area contributed by atoms with Crippen LogP contribution in [0.5, 0.6) is 0 Å². The molecule has 0 fully saturated rings. The molecule has 20 heavy (non-hydrogen) atoms. The predicted molar refractivity (Wildman–Crippen MR) is 79.6 cm³/mol. The molecular formula is C16H15N3O. The zero-order chi connectivity index (χ0) is 14.2. The third-order valence-corrected chi connectivity index (χ3v) is 2.57. The highest BCUT2D eigenvalue weighted by Crippen LogP contribution is 2.18. The third-order valence-electron chi connectivity index (χ3n) is 2.57. The van der Waals surface area contributed by atoms with Gasteiger partial charge in [-0.2, -0.15) is 10.2 Å². The van der Waals surface area contributed by atoms with Gasteiger partial charge in [-0.15, -0.1) is 6.58 Å². The molecule has 100 valence electrons. The molecule has 2 aromatic rings. The van der Waals surface area contributed by atoms with Crippen molar-refractivity contribution in [2.24, 2.45) is 10.2 Å². The van der Waals surface area contributed by atoms with Gasteiger partial charge in [0.2, 0.25) is 0 Å². The maximum atomic E-state index is 11.7. The zero-order valence-corrected chi connectivity index (χ0v) is 11.0. The number of nitrogens with zero attached hydrogens (tertiary/aromatic N) is 2. The molecule has 1 N–H and O–H groups in total. The summed E-state index contributed by atoms with van der Waals surface area (Å²) in [6.07, 6.45) is 1.64. The number of hydrogen-bond acceptors (Lipinski definition) is 3. The quantitative estimate of drug-likeness (QED) is 0.644. The van der Waals surface area contributed by atoms with Crippen LogP contribution in [-0.2, 0) is 0 Å². The number of azo groups is 1. The molecule has 0 saturated carbocycles. The Morgan fingerprint density at radius 1 is 1.00 bits per heavy atom. The van der Waals surface area contributed by atoms with Gasteiger partial charge in [0, 0.05) is 12.1 Å². The number of carbonyl (C=O) groups is 1. The van der Waals surface area contributed by atoms with Crippen LogP contribution in [0.25, 0.3) is 0 Å². The van der Waals surface area contributed by atoms with Crippen LogP contribution in [0.3, 0.4) is 0 Å². The van der Waals surface area contributed by atoms with Crippen molar-refractivity contribution in [3.05, 3.63) is 72.8 Å². The number of rotatable bonds is 5. The first-order valence-corrected chi connectivity index (χ1v) is 6.25. The fraction of sp³-hybridized carbons (Fsp3) is 0.0625. The van der Waals surface area contributed by atoms with Crippen LogP contribution < -0.4 is 5.32 Å². The van der Waals surface area contributed by atoms with E-state index in [4.69, 9.17) is 0 Å². The molecule has 0 saturated heterocycles. The molecule has 0 aliphatic heterocycles. The molecule has 0 aliphatic rings. The summed E-state index contributed by atoms with van der Waals surface area (Å²) < 4.78 is 0. The van der Waals surface area contributed by atoms with Crippen molar-refractivity contribution in [1.29, 1.82) is 0 Å². The fourth-order valence-corrected chi connectivity index (χ4v) is 1.56. The molecule has 0 radical (unpaired) electrons. The summed E-state index contributed by atoms with van der Waals surface area (Å²) in [6.45, 7) is 4.00. The highest BCUT2D eigenvalue weighted by Gasteiger charge is 2.03. The van der Waals surface area contributed by atoms with Crippen LogP contribution in [0.4, 0.5) is 11.4 Å². The van der Waals surface area contributed by atoms with E-state index >= 15 is 0 Å². The van der Waals surface area contributed by atoms with E-state index in [1.165, 1.54) is 0 Å². The molecule has 2 rings (SSSR count). The molecule has 0 heterocycles. The molecule has 0 bridgehead atoms. The molecule has 0 spiro atoms. The average Bonchev–Trinajstić information content (AvgIpc) is 2.52. The number of amides is 1. The smallest absolute Gasteiger partial charge is 0.251 e. The van der Waals surface area contributed by atoms with Crippen molar-refractivity contribution in [2.45, 2.75) is 0 Å². The summed E-state index contributed by atoms with van der Waals surface area (Å²) in [5, 5.41) is 10.9. The van der Waals surface area contributed by atoms with E-state index in [1.807, 2.05) is 30.3 Å². The van der Waals surface area contributed by atoms with Gasteiger partial charge < -0.3 is 5.32 Å². The van der Waals surface area contributed by atoms with E-state index in [0.29, 0.717) is 17.8 Å². The second kappa shape index (κ2) is 6.99. The summed E-state index contributed by atoms with van der Waals surface area (Å²) in [7, 11) is 0. The van der Waals surface area contributed by atoms with Crippen molar-refractivity contribution < 1.29 is 4.79 Å². The Labute approximate surface area is 117 Å². The van der Waals surface area contributed by atoms with E-state index < -0.39 is 0 Å². The van der Waals surface area contributed by atoms with Gasteiger partial charge in [-0.25, -0.2) is 0 Å². The van der Waals surface area contributed by atoms with Crippen LogP contribution >= 0.6 is 0 Å². The summed E-state index contributed by atoms with van der Waals surface area (Å²) >= 11 is 0. The molecule has 4 nitrogen and oxygen atoms in total. The minimum Gasteiger partial charge on any atom is -0.349 e. The minimum atomic E-state index is -0.128. The highest BCUT2D eigenvalue weighted by molar-refractivity contribution is 5.94. The average molecular weight is 265 g/mol. The Morgan fingerprint density at radius 2 is 1.60 bits per heavy atom. The van der Waals surface area contributed by atoms with Crippen molar-refractivity contribution in [3.63, 3.8) is 0 Å². The van der Waals surface area contributed by atoms with Gasteiger partial charge in [-0.05, 0) is 36.4 Å². The second-order valence-electron chi connectivity index (χ2n) is 4.08. The van der Waals surface area contributed by atoms with Crippen molar-refractivity contribution >= 4 is 17.3 Å². The molecule has 1 amide bonds. The monoisotopic (exact) mass is 265 g/mol. The van der Waals surface area contributed by atoms with E-state index in [9.17, 15) is 4.79 Å². The van der Waals surface area contributed by atoms with Gasteiger partial charge in [0.05, 0.1) is 11.4 Å². The number of benzene rings is 2. The lowest BCUT2D eigenvalue weighted by Crippen LogP contribution is -2.22. The Hall–Kier alpha value is -2.75. The Kier molecular flexibility index (Phi) is 4.78. The Morgan fingerprint density at radius 3 is 2.20 bits per heavy atom. The summed E-state index contributed by atoms with van der Waals surface area (Å²) in [6, 6.07) is 16.4. The van der Waals surface area contributed by atoms with Crippen LogP contribution in [0.1, 0.15) is 10.4 Å². The van der Waals surface area contributed by atoms with Crippen molar-refractivity contribution in [3.8, 4) is 0 Å². The van der Waals surface area contributed by atoms with Gasteiger partial charge in [0.25, 0.3) is 5.91 Å². The second-order valence-corrected chi connectivity index (χ2v) is 4.08. The van der Waals surface area contributed by atoms with Gasteiger partial charge in [0.15, 0.2) is 0 Å². The van der Waals surface area contributed by atoms with E-state index in [-0.39, 0.29) is 5.91 Å². The minimum absolute atomic E-state index is 0.128. The summed E-state index contributed by atoms with van der Waals surface area (Å²) in [5.41, 5.74) is 2.08. The lowest BCUT2D eigenvalue weighted by molar-refractivity contribution is 0.0958. The van der Waals surface area contributed by atoms with Crippen molar-refractivity contribution in [1.82, 2.24) is 5.32 Å². The van der Waals surface area contributed by atoms with Crippen molar-refractivity contribution in [2.75, 3.05) is 6.54 Å². The first-order valence-electron chi connectivity index (χ1n) is 6.25. The topological polar surface area (TPSA) is 53.8 Å². The summed E-state index contributed by atoms with van der Waals surface area (Å²) in [5.74, 6) is -0.128. The standard InChI is InChI=1S/C16H15N3O/c1-2-12-17-16(20)13-8-10-15(11-9-13)19-18-14-6-4-3-5-7-14/h2-11H,1,12H2,(H,17,20). The maximum absolute atomic E-state index is 11.7. The lowest BCUT2D eigenvalue weighted by atomic mass is 10.2. The Bertz CT molecular complexity index is 603. The summed E-state index contributed by atoms with van der Waals surface area (Å²) in [4.78, 5) is 11.7. The predicted octanol–water partition coefficient (Wildman–Crippen LogP) is 4.02. The van der Waals surface area contributed by atoms with Gasteiger partial charge in [-0.3, -0.25) is 4.79 Å². The largest absolute Gasteiger partial charge is 0.349 e. The molecule has 0 atom stereocenters. The van der Waals surface area contributed by atoms with Crippen LogP contribution in [-0.4, -0.2) is 12.5 Å². The maximum Gasteiger partial charge on any atom is 0.251 e. The zero-order valence-electron chi connectivity index (χ0n) is 11.0. The normalized spacial score (nSPS) is 10.4. The first-order chi connectivity index (χ1) is 9.79. The van der Waals surface area contributed by atoms with Crippen LogP contribution in [0.15, 0.2) is 77.5 Å². The van der Waals surface area contributed by atoms with E-state index in [2.05, 4.69) is 22.1 Å². The lowest BCUT2D eigenvalue weighted by Gasteiger charge is -2.02. The van der Waals surface area contributed by atoms with Crippen LogP contribution in [0.2, 0.25) is 0 Å². The first kappa shape index (κ1) is 13.7.